The zero-order chi connectivity index (χ0) is 14.8. The fourth-order valence-corrected chi connectivity index (χ4v) is 3.34. The van der Waals surface area contributed by atoms with Crippen LogP contribution < -0.4 is 10.6 Å². The summed E-state index contributed by atoms with van der Waals surface area (Å²) in [7, 11) is 0. The third-order valence-corrected chi connectivity index (χ3v) is 4.53. The minimum atomic E-state index is -0.450. The molecule has 0 spiro atoms. The largest absolute Gasteiger partial charge is 0.392 e. The van der Waals surface area contributed by atoms with Gasteiger partial charge in [0.1, 0.15) is 0 Å². The first-order valence-electron chi connectivity index (χ1n) is 6.55. The molecule has 1 amide bonds. The minimum Gasteiger partial charge on any atom is -0.392 e. The van der Waals surface area contributed by atoms with Gasteiger partial charge in [-0.3, -0.25) is 4.79 Å². The number of β-amino-alcohol motifs (C(OH)–C–C–N with tert-alkyl or cyclic N) is 1. The van der Waals surface area contributed by atoms with E-state index in [1.54, 1.807) is 0 Å². The summed E-state index contributed by atoms with van der Waals surface area (Å²) in [5.41, 5.74) is 1.83. The number of rotatable bonds is 3. The van der Waals surface area contributed by atoms with Gasteiger partial charge in [0.2, 0.25) is 5.91 Å². The molecule has 0 radical (unpaired) electrons. The lowest BCUT2D eigenvalue weighted by molar-refractivity contribution is -0.117. The number of carbonyl (C=O) groups excluding carboxylic acids is 1. The molecule has 0 bridgehead atoms. The summed E-state index contributed by atoms with van der Waals surface area (Å²) in [6, 6.07) is 7.50. The van der Waals surface area contributed by atoms with Gasteiger partial charge in [0.05, 0.1) is 17.8 Å². The Morgan fingerprint density at radius 1 is 1.52 bits per heavy atom. The van der Waals surface area contributed by atoms with Crippen LogP contribution in [0.4, 0.5) is 5.13 Å². The van der Waals surface area contributed by atoms with Gasteiger partial charge in [0.25, 0.3) is 0 Å². The van der Waals surface area contributed by atoms with Crippen molar-refractivity contribution in [2.45, 2.75) is 18.6 Å². The van der Waals surface area contributed by atoms with Crippen molar-refractivity contribution in [3.63, 3.8) is 0 Å². The van der Waals surface area contributed by atoms with Crippen molar-refractivity contribution >= 4 is 38.3 Å². The molecular formula is C14H14BrN3O2S. The van der Waals surface area contributed by atoms with Gasteiger partial charge >= 0.3 is 0 Å². The van der Waals surface area contributed by atoms with Crippen molar-refractivity contribution in [3.8, 4) is 11.3 Å². The lowest BCUT2D eigenvalue weighted by Gasteiger charge is -2.08. The zero-order valence-corrected chi connectivity index (χ0v) is 13.4. The maximum Gasteiger partial charge on any atom is 0.243 e. The van der Waals surface area contributed by atoms with Crippen LogP contribution in [0.2, 0.25) is 0 Å². The van der Waals surface area contributed by atoms with Crippen LogP contribution in [0, 0.1) is 0 Å². The van der Waals surface area contributed by atoms with Crippen molar-refractivity contribution in [1.29, 1.82) is 0 Å². The summed E-state index contributed by atoms with van der Waals surface area (Å²) in [6.07, 6.45) is -0.00957. The Balaban J connectivity index is 1.69. The molecule has 2 heterocycles. The van der Waals surface area contributed by atoms with Crippen molar-refractivity contribution in [1.82, 2.24) is 10.3 Å². The maximum absolute atomic E-state index is 12.0. The Labute approximate surface area is 134 Å². The number of thiazole rings is 1. The smallest absolute Gasteiger partial charge is 0.243 e. The number of nitrogens with one attached hydrogen (secondary N) is 2. The molecule has 1 aliphatic rings. The summed E-state index contributed by atoms with van der Waals surface area (Å²) < 4.78 is 0.989. The number of carbonyl (C=O) groups is 1. The van der Waals surface area contributed by atoms with Crippen LogP contribution in [0.25, 0.3) is 11.3 Å². The Kier molecular flexibility index (Phi) is 4.34. The third kappa shape index (κ3) is 3.49. The van der Waals surface area contributed by atoms with E-state index in [1.165, 1.54) is 11.3 Å². The molecule has 1 fully saturated rings. The van der Waals surface area contributed by atoms with Gasteiger partial charge in [-0.05, 0) is 18.6 Å². The molecule has 1 aliphatic heterocycles. The van der Waals surface area contributed by atoms with E-state index in [9.17, 15) is 9.90 Å². The van der Waals surface area contributed by atoms with Gasteiger partial charge in [0.15, 0.2) is 5.13 Å². The molecular weight excluding hydrogens is 354 g/mol. The third-order valence-electron chi connectivity index (χ3n) is 3.28. The molecule has 2 unspecified atom stereocenters. The number of aliphatic hydroxyl groups is 1. The highest BCUT2D eigenvalue weighted by Crippen LogP contribution is 2.27. The normalized spacial score (nSPS) is 21.4. The van der Waals surface area contributed by atoms with Crippen LogP contribution in [-0.2, 0) is 4.79 Å². The van der Waals surface area contributed by atoms with Crippen molar-refractivity contribution in [3.05, 3.63) is 34.1 Å². The van der Waals surface area contributed by atoms with Gasteiger partial charge in [-0.25, -0.2) is 4.98 Å². The number of hydrogen-bond acceptors (Lipinski definition) is 5. The topological polar surface area (TPSA) is 74.2 Å². The lowest BCUT2D eigenvalue weighted by Crippen LogP contribution is -2.35. The monoisotopic (exact) mass is 367 g/mol. The standard InChI is InChI=1S/C14H14BrN3O2S/c15-9-3-1-2-8(4-9)12-7-21-14(17-12)18-13(20)11-5-10(19)6-16-11/h1-4,7,10-11,16,19H,5-6H2,(H,17,18,20). The molecule has 3 N–H and O–H groups in total. The number of aromatic nitrogens is 1. The number of aliphatic hydroxyl groups excluding tert-OH is 1. The summed E-state index contributed by atoms with van der Waals surface area (Å²) in [5, 5.41) is 17.7. The average Bonchev–Trinajstić information content (AvgIpc) is 3.08. The number of hydrogen-bond donors (Lipinski definition) is 3. The quantitative estimate of drug-likeness (QED) is 0.777. The van der Waals surface area contributed by atoms with Crippen LogP contribution in [0.5, 0.6) is 0 Å². The zero-order valence-electron chi connectivity index (χ0n) is 11.0. The number of anilines is 1. The molecule has 2 atom stereocenters. The molecule has 7 heteroatoms. The number of benzene rings is 1. The second-order valence-electron chi connectivity index (χ2n) is 4.89. The SMILES string of the molecule is O=C(Nc1nc(-c2cccc(Br)c2)cs1)C1CC(O)CN1. The van der Waals surface area contributed by atoms with Crippen molar-refractivity contribution < 1.29 is 9.90 Å². The van der Waals surface area contributed by atoms with Gasteiger partial charge in [0, 0.05) is 22.0 Å². The summed E-state index contributed by atoms with van der Waals surface area (Å²) in [5.74, 6) is -0.151. The fraction of sp³-hybridized carbons (Fsp3) is 0.286. The first-order chi connectivity index (χ1) is 10.1. The van der Waals surface area contributed by atoms with Gasteiger partial charge in [-0.1, -0.05) is 28.1 Å². The Morgan fingerprint density at radius 3 is 3.10 bits per heavy atom. The molecule has 3 rings (SSSR count). The van der Waals surface area contributed by atoms with Gasteiger partial charge in [-0.2, -0.15) is 0 Å². The van der Waals surface area contributed by atoms with E-state index in [-0.39, 0.29) is 11.9 Å². The van der Waals surface area contributed by atoms with Crippen LogP contribution in [0.1, 0.15) is 6.42 Å². The molecule has 110 valence electrons. The van der Waals surface area contributed by atoms with Crippen LogP contribution in [0.15, 0.2) is 34.1 Å². The van der Waals surface area contributed by atoms with E-state index in [0.29, 0.717) is 18.1 Å². The lowest BCUT2D eigenvalue weighted by atomic mass is 10.2. The van der Waals surface area contributed by atoms with Crippen LogP contribution in [0.3, 0.4) is 0 Å². The molecule has 1 aromatic carbocycles. The highest BCUT2D eigenvalue weighted by Gasteiger charge is 2.28. The first kappa shape index (κ1) is 14.6. The first-order valence-corrected chi connectivity index (χ1v) is 8.23. The van der Waals surface area contributed by atoms with Crippen molar-refractivity contribution in [2.75, 3.05) is 11.9 Å². The Hall–Kier alpha value is -1.28. The number of nitrogens with zero attached hydrogens (tertiary/aromatic N) is 1. The van der Waals surface area contributed by atoms with Crippen LogP contribution >= 0.6 is 27.3 Å². The fourth-order valence-electron chi connectivity index (χ4n) is 2.22. The number of amides is 1. The molecule has 2 aromatic rings. The Bertz CT molecular complexity index is 661. The van der Waals surface area contributed by atoms with Gasteiger partial charge in [-0.15, -0.1) is 11.3 Å². The Morgan fingerprint density at radius 2 is 2.38 bits per heavy atom. The average molecular weight is 368 g/mol. The van der Waals surface area contributed by atoms with E-state index in [4.69, 9.17) is 0 Å². The molecule has 1 saturated heterocycles. The van der Waals surface area contributed by atoms with E-state index in [2.05, 4.69) is 31.5 Å². The summed E-state index contributed by atoms with van der Waals surface area (Å²) >= 11 is 4.82. The molecule has 21 heavy (non-hydrogen) atoms. The summed E-state index contributed by atoms with van der Waals surface area (Å²) in [4.78, 5) is 16.5. The van der Waals surface area contributed by atoms with Crippen molar-refractivity contribution in [2.24, 2.45) is 0 Å². The molecule has 1 aromatic heterocycles. The van der Waals surface area contributed by atoms with E-state index in [1.807, 2.05) is 29.6 Å². The van der Waals surface area contributed by atoms with Crippen LogP contribution in [-0.4, -0.2) is 34.7 Å². The number of halogens is 1. The molecule has 0 saturated carbocycles. The van der Waals surface area contributed by atoms with E-state index in [0.717, 1.165) is 15.7 Å². The highest BCUT2D eigenvalue weighted by molar-refractivity contribution is 9.10. The van der Waals surface area contributed by atoms with Gasteiger partial charge < -0.3 is 15.7 Å². The molecule has 0 aliphatic carbocycles. The minimum absolute atomic E-state index is 0.151. The maximum atomic E-state index is 12.0. The van der Waals surface area contributed by atoms with E-state index < -0.39 is 6.10 Å². The van der Waals surface area contributed by atoms with E-state index >= 15 is 0 Å². The second-order valence-corrected chi connectivity index (χ2v) is 6.66. The predicted molar refractivity (Wildman–Crippen MR) is 86.3 cm³/mol. The highest BCUT2D eigenvalue weighted by atomic mass is 79.9. The second kappa shape index (κ2) is 6.23. The molecule has 5 nitrogen and oxygen atoms in total. The predicted octanol–water partition coefficient (Wildman–Crippen LogP) is 2.23. The summed E-state index contributed by atoms with van der Waals surface area (Å²) in [6.45, 7) is 0.458.